The highest BCUT2D eigenvalue weighted by Crippen LogP contribution is 2.37. The molecule has 1 heterocycles. The molecule has 5 nitrogen and oxygen atoms in total. The number of aromatic amines is 1. The van der Waals surface area contributed by atoms with Crippen LogP contribution in [0.4, 0.5) is 0 Å². The molecule has 2 unspecified atom stereocenters. The van der Waals surface area contributed by atoms with E-state index >= 15 is 0 Å². The molecule has 3 rings (SSSR count). The number of carboxylic acid groups (broad SMARTS) is 1. The second-order valence-electron chi connectivity index (χ2n) is 6.25. The van der Waals surface area contributed by atoms with Gasteiger partial charge >= 0.3 is 5.97 Å². The minimum Gasteiger partial charge on any atom is -0.481 e. The Morgan fingerprint density at radius 2 is 1.75 bits per heavy atom. The first-order valence-electron chi connectivity index (χ1n) is 7.90. The second-order valence-corrected chi connectivity index (χ2v) is 6.25. The maximum absolute atomic E-state index is 11.4. The lowest BCUT2D eigenvalue weighted by molar-refractivity contribution is -0.143. The van der Waals surface area contributed by atoms with Crippen LogP contribution in [0, 0.1) is 5.92 Å². The summed E-state index contributed by atoms with van der Waals surface area (Å²) in [6.07, 6.45) is 9.96. The van der Waals surface area contributed by atoms with Crippen molar-refractivity contribution in [2.24, 2.45) is 5.92 Å². The van der Waals surface area contributed by atoms with Gasteiger partial charge in [-0.3, -0.25) is 9.89 Å². The van der Waals surface area contributed by atoms with E-state index in [0.29, 0.717) is 5.92 Å². The number of hydrogen-bond donors (Lipinski definition) is 2. The molecule has 5 heteroatoms. The molecule has 2 saturated carbocycles. The lowest BCUT2D eigenvalue weighted by Gasteiger charge is -2.26. The van der Waals surface area contributed by atoms with Gasteiger partial charge < -0.3 is 5.11 Å². The van der Waals surface area contributed by atoms with Gasteiger partial charge in [0.1, 0.15) is 5.82 Å². The summed E-state index contributed by atoms with van der Waals surface area (Å²) in [6, 6.07) is 0. The van der Waals surface area contributed by atoms with Crippen LogP contribution in [0.1, 0.15) is 81.3 Å². The Labute approximate surface area is 119 Å². The van der Waals surface area contributed by atoms with E-state index in [1.54, 1.807) is 0 Å². The Morgan fingerprint density at radius 3 is 2.50 bits per heavy atom. The van der Waals surface area contributed by atoms with Crippen LogP contribution in [-0.4, -0.2) is 26.3 Å². The zero-order valence-corrected chi connectivity index (χ0v) is 11.8. The standard InChI is InChI=1S/C15H23N3O2/c19-15(20)12-9-5-4-8-11(12)14-16-13(17-18-14)10-6-2-1-3-7-10/h10-12H,1-9H2,(H,19,20)(H,16,17,18). The molecule has 0 spiro atoms. The summed E-state index contributed by atoms with van der Waals surface area (Å²) in [4.78, 5) is 16.0. The number of carbonyl (C=O) groups is 1. The van der Waals surface area contributed by atoms with Gasteiger partial charge in [0.2, 0.25) is 0 Å². The van der Waals surface area contributed by atoms with E-state index in [1.807, 2.05) is 0 Å². The zero-order valence-electron chi connectivity index (χ0n) is 11.8. The van der Waals surface area contributed by atoms with E-state index < -0.39 is 5.97 Å². The summed E-state index contributed by atoms with van der Waals surface area (Å²) in [5.74, 6) is 1.22. The predicted octanol–water partition coefficient (Wildman–Crippen LogP) is 3.21. The fourth-order valence-corrected chi connectivity index (χ4v) is 3.75. The topological polar surface area (TPSA) is 78.9 Å². The van der Waals surface area contributed by atoms with Crippen molar-refractivity contribution in [2.45, 2.75) is 69.6 Å². The molecule has 0 bridgehead atoms. The zero-order chi connectivity index (χ0) is 13.9. The van der Waals surface area contributed by atoms with Gasteiger partial charge in [0.05, 0.1) is 5.92 Å². The van der Waals surface area contributed by atoms with Crippen LogP contribution in [-0.2, 0) is 4.79 Å². The number of hydrogen-bond acceptors (Lipinski definition) is 3. The predicted molar refractivity (Wildman–Crippen MR) is 74.5 cm³/mol. The summed E-state index contributed by atoms with van der Waals surface area (Å²) in [6.45, 7) is 0. The average Bonchev–Trinajstić information content (AvgIpc) is 2.98. The molecular formula is C15H23N3O2. The monoisotopic (exact) mass is 277 g/mol. The third kappa shape index (κ3) is 2.72. The molecule has 0 aromatic carbocycles. The highest BCUT2D eigenvalue weighted by molar-refractivity contribution is 5.71. The minimum atomic E-state index is -0.690. The maximum atomic E-state index is 11.4. The second kappa shape index (κ2) is 5.94. The number of aliphatic carboxylic acids is 1. The number of nitrogens with zero attached hydrogens (tertiary/aromatic N) is 2. The van der Waals surface area contributed by atoms with Gasteiger partial charge in [-0.15, -0.1) is 0 Å². The molecule has 110 valence electrons. The maximum Gasteiger partial charge on any atom is 0.307 e. The van der Waals surface area contributed by atoms with Crippen molar-refractivity contribution in [1.29, 1.82) is 0 Å². The highest BCUT2D eigenvalue weighted by atomic mass is 16.4. The van der Waals surface area contributed by atoms with Crippen molar-refractivity contribution in [2.75, 3.05) is 0 Å². The number of H-pyrrole nitrogens is 1. The van der Waals surface area contributed by atoms with Crippen LogP contribution < -0.4 is 0 Å². The van der Waals surface area contributed by atoms with Crippen molar-refractivity contribution in [3.63, 3.8) is 0 Å². The molecule has 2 aliphatic carbocycles. The van der Waals surface area contributed by atoms with Crippen LogP contribution in [0.3, 0.4) is 0 Å². The molecule has 2 N–H and O–H groups in total. The minimum absolute atomic E-state index is 0.0195. The largest absolute Gasteiger partial charge is 0.481 e. The fourth-order valence-electron chi connectivity index (χ4n) is 3.75. The molecular weight excluding hydrogens is 254 g/mol. The summed E-state index contributed by atoms with van der Waals surface area (Å²) in [5.41, 5.74) is 0. The SMILES string of the molecule is O=C(O)C1CCCCC1c1nc(C2CCCCC2)n[nH]1. The Kier molecular flexibility index (Phi) is 4.03. The van der Waals surface area contributed by atoms with Crippen molar-refractivity contribution in [3.8, 4) is 0 Å². The van der Waals surface area contributed by atoms with Crippen LogP contribution in [0.2, 0.25) is 0 Å². The molecule has 2 atom stereocenters. The van der Waals surface area contributed by atoms with Gasteiger partial charge in [-0.25, -0.2) is 4.98 Å². The van der Waals surface area contributed by atoms with Crippen molar-refractivity contribution in [1.82, 2.24) is 15.2 Å². The van der Waals surface area contributed by atoms with E-state index in [-0.39, 0.29) is 11.8 Å². The van der Waals surface area contributed by atoms with Gasteiger partial charge in [0.25, 0.3) is 0 Å². The van der Waals surface area contributed by atoms with Crippen LogP contribution in [0.5, 0.6) is 0 Å². The first kappa shape index (κ1) is 13.6. The Balaban J connectivity index is 1.76. The number of nitrogens with one attached hydrogen (secondary N) is 1. The third-order valence-electron chi connectivity index (χ3n) is 4.92. The van der Waals surface area contributed by atoms with Crippen LogP contribution in [0.25, 0.3) is 0 Å². The lowest BCUT2D eigenvalue weighted by atomic mass is 9.79. The summed E-state index contributed by atoms with van der Waals surface area (Å²) in [7, 11) is 0. The summed E-state index contributed by atoms with van der Waals surface area (Å²) < 4.78 is 0. The summed E-state index contributed by atoms with van der Waals surface area (Å²) in [5, 5.41) is 16.8. The van der Waals surface area contributed by atoms with Gasteiger partial charge in [-0.2, -0.15) is 5.10 Å². The van der Waals surface area contributed by atoms with Gasteiger partial charge in [0, 0.05) is 11.8 Å². The highest BCUT2D eigenvalue weighted by Gasteiger charge is 2.34. The number of aromatic nitrogens is 3. The quantitative estimate of drug-likeness (QED) is 0.889. The average molecular weight is 277 g/mol. The Hall–Kier alpha value is -1.39. The van der Waals surface area contributed by atoms with Gasteiger partial charge in [0.15, 0.2) is 5.82 Å². The van der Waals surface area contributed by atoms with Gasteiger partial charge in [-0.05, 0) is 25.7 Å². The third-order valence-corrected chi connectivity index (χ3v) is 4.92. The van der Waals surface area contributed by atoms with E-state index in [9.17, 15) is 9.90 Å². The van der Waals surface area contributed by atoms with Crippen molar-refractivity contribution in [3.05, 3.63) is 11.6 Å². The molecule has 1 aromatic rings. The van der Waals surface area contributed by atoms with E-state index in [2.05, 4.69) is 15.2 Å². The molecule has 0 amide bonds. The van der Waals surface area contributed by atoms with Crippen molar-refractivity contribution < 1.29 is 9.90 Å². The van der Waals surface area contributed by atoms with Gasteiger partial charge in [-0.1, -0.05) is 32.1 Å². The Morgan fingerprint density at radius 1 is 1.05 bits per heavy atom. The number of carboxylic acids is 1. The lowest BCUT2D eigenvalue weighted by Crippen LogP contribution is -2.26. The smallest absolute Gasteiger partial charge is 0.307 e. The van der Waals surface area contributed by atoms with Crippen molar-refractivity contribution >= 4 is 5.97 Å². The first-order valence-corrected chi connectivity index (χ1v) is 7.90. The molecule has 2 fully saturated rings. The van der Waals surface area contributed by atoms with E-state index in [4.69, 9.17) is 0 Å². The molecule has 0 aliphatic heterocycles. The normalized spacial score (nSPS) is 28.4. The Bertz CT molecular complexity index is 465. The fraction of sp³-hybridized carbons (Fsp3) is 0.800. The van der Waals surface area contributed by atoms with E-state index in [1.165, 1.54) is 32.1 Å². The van der Waals surface area contributed by atoms with Crippen LogP contribution >= 0.6 is 0 Å². The molecule has 2 aliphatic rings. The van der Waals surface area contributed by atoms with E-state index in [0.717, 1.165) is 37.3 Å². The first-order chi connectivity index (χ1) is 9.75. The molecule has 1 aromatic heterocycles. The summed E-state index contributed by atoms with van der Waals surface area (Å²) >= 11 is 0. The number of rotatable bonds is 3. The molecule has 0 radical (unpaired) electrons. The molecule has 0 saturated heterocycles. The molecule has 20 heavy (non-hydrogen) atoms. The van der Waals surface area contributed by atoms with Crippen LogP contribution in [0.15, 0.2) is 0 Å².